The predicted octanol–water partition coefficient (Wildman–Crippen LogP) is 2.25. The first kappa shape index (κ1) is 23.0. The number of hydrogen-bond acceptors (Lipinski definition) is 4. The Morgan fingerprint density at radius 2 is 1.58 bits per heavy atom. The zero-order valence-electron chi connectivity index (χ0n) is 18.1. The molecule has 1 saturated heterocycles. The summed E-state index contributed by atoms with van der Waals surface area (Å²) in [4.78, 5) is 27.8. The largest absolute Gasteiger partial charge is 0.350 e. The fourth-order valence-electron chi connectivity index (χ4n) is 3.76. The second kappa shape index (κ2) is 9.62. The van der Waals surface area contributed by atoms with Crippen LogP contribution < -0.4 is 5.32 Å². The van der Waals surface area contributed by atoms with Gasteiger partial charge in [0.25, 0.3) is 0 Å². The molecule has 166 valence electrons. The van der Waals surface area contributed by atoms with E-state index in [0.717, 1.165) is 5.56 Å². The molecular weight excluding hydrogens is 414 g/mol. The van der Waals surface area contributed by atoms with E-state index in [4.69, 9.17) is 0 Å². The Bertz CT molecular complexity index is 1010. The zero-order valence-corrected chi connectivity index (χ0v) is 18.9. The van der Waals surface area contributed by atoms with Gasteiger partial charge in [-0.2, -0.15) is 4.31 Å². The van der Waals surface area contributed by atoms with Crippen molar-refractivity contribution in [3.8, 4) is 0 Å². The Kier molecular flexibility index (Phi) is 7.12. The number of amides is 2. The molecule has 3 rings (SSSR count). The van der Waals surface area contributed by atoms with Crippen LogP contribution in [0.1, 0.15) is 26.3 Å². The van der Waals surface area contributed by atoms with Crippen LogP contribution in [0.2, 0.25) is 0 Å². The van der Waals surface area contributed by atoms with Gasteiger partial charge in [-0.15, -0.1) is 0 Å². The highest BCUT2D eigenvalue weighted by molar-refractivity contribution is 7.89. The fraction of sp³-hybridized carbons (Fsp3) is 0.391. The van der Waals surface area contributed by atoms with Crippen LogP contribution >= 0.6 is 0 Å². The minimum atomic E-state index is -3.78. The van der Waals surface area contributed by atoms with E-state index >= 15 is 0 Å². The maximum Gasteiger partial charge on any atom is 0.244 e. The van der Waals surface area contributed by atoms with Crippen LogP contribution in [0, 0.1) is 5.92 Å². The molecular formula is C23H29N3O4S. The van der Waals surface area contributed by atoms with E-state index in [1.54, 1.807) is 43.9 Å². The summed E-state index contributed by atoms with van der Waals surface area (Å²) in [6.07, 6.45) is 0. The van der Waals surface area contributed by atoms with Crippen LogP contribution in [0.3, 0.4) is 0 Å². The molecule has 31 heavy (non-hydrogen) atoms. The van der Waals surface area contributed by atoms with Crippen LogP contribution in [-0.2, 0) is 26.2 Å². The zero-order chi connectivity index (χ0) is 22.6. The number of carbonyl (C=O) groups is 2. The number of nitrogens with one attached hydrogen (secondary N) is 1. The minimum Gasteiger partial charge on any atom is -0.350 e. The molecule has 2 unspecified atom stereocenters. The number of rotatable bonds is 6. The van der Waals surface area contributed by atoms with Gasteiger partial charge in [0.1, 0.15) is 6.04 Å². The lowest BCUT2D eigenvalue weighted by atomic mass is 10.0. The maximum absolute atomic E-state index is 13.2. The molecule has 7 nitrogen and oxygen atoms in total. The second-order valence-electron chi connectivity index (χ2n) is 8.10. The lowest BCUT2D eigenvalue weighted by Gasteiger charge is -2.44. The van der Waals surface area contributed by atoms with Gasteiger partial charge in [-0.1, -0.05) is 62.4 Å². The molecule has 1 N–H and O–H groups in total. The van der Waals surface area contributed by atoms with Gasteiger partial charge in [0, 0.05) is 31.6 Å². The first-order chi connectivity index (χ1) is 14.7. The van der Waals surface area contributed by atoms with Crippen molar-refractivity contribution in [3.63, 3.8) is 0 Å². The van der Waals surface area contributed by atoms with E-state index in [0.29, 0.717) is 6.54 Å². The van der Waals surface area contributed by atoms with Crippen molar-refractivity contribution in [2.45, 2.75) is 44.3 Å². The van der Waals surface area contributed by atoms with Crippen molar-refractivity contribution < 1.29 is 18.0 Å². The highest BCUT2D eigenvalue weighted by Crippen LogP contribution is 2.25. The van der Waals surface area contributed by atoms with Crippen molar-refractivity contribution in [2.24, 2.45) is 5.92 Å². The Hall–Kier alpha value is -2.71. The van der Waals surface area contributed by atoms with Gasteiger partial charge in [0.05, 0.1) is 4.90 Å². The highest BCUT2D eigenvalue weighted by Gasteiger charge is 2.43. The number of sulfonamides is 1. The summed E-state index contributed by atoms with van der Waals surface area (Å²) in [5.41, 5.74) is 0.926. The lowest BCUT2D eigenvalue weighted by Crippen LogP contribution is -2.65. The van der Waals surface area contributed by atoms with Crippen LogP contribution in [0.4, 0.5) is 0 Å². The van der Waals surface area contributed by atoms with Crippen molar-refractivity contribution in [1.29, 1.82) is 0 Å². The lowest BCUT2D eigenvalue weighted by molar-refractivity contribution is -0.148. The summed E-state index contributed by atoms with van der Waals surface area (Å²) < 4.78 is 27.7. The summed E-state index contributed by atoms with van der Waals surface area (Å²) in [6, 6.07) is 16.3. The molecule has 0 saturated carbocycles. The van der Waals surface area contributed by atoms with E-state index < -0.39 is 22.1 Å². The number of nitrogens with zero attached hydrogens (tertiary/aromatic N) is 2. The molecule has 2 aromatic rings. The molecule has 0 spiro atoms. The van der Waals surface area contributed by atoms with Crippen molar-refractivity contribution >= 4 is 21.8 Å². The average molecular weight is 444 g/mol. The Morgan fingerprint density at radius 3 is 2.16 bits per heavy atom. The van der Waals surface area contributed by atoms with E-state index in [1.165, 1.54) is 16.4 Å². The monoisotopic (exact) mass is 443 g/mol. The van der Waals surface area contributed by atoms with Gasteiger partial charge in [-0.25, -0.2) is 8.42 Å². The minimum absolute atomic E-state index is 0.0827. The van der Waals surface area contributed by atoms with Gasteiger partial charge in [0.2, 0.25) is 21.8 Å². The van der Waals surface area contributed by atoms with Gasteiger partial charge >= 0.3 is 0 Å². The number of piperazine rings is 1. The van der Waals surface area contributed by atoms with Crippen LogP contribution in [0.15, 0.2) is 65.6 Å². The standard InChI is InChI=1S/C23H29N3O4S/c1-17(2)23(28)26-18(3)15-25(31(29,30)20-12-8-5-9-13-20)16-21(26)22(27)24-14-19-10-6-4-7-11-19/h4-13,17-18,21H,14-16H2,1-3H3,(H,24,27). The van der Waals surface area contributed by atoms with Crippen molar-refractivity contribution in [3.05, 3.63) is 66.2 Å². The number of benzene rings is 2. The van der Waals surface area contributed by atoms with Gasteiger partial charge in [-0.3, -0.25) is 9.59 Å². The van der Waals surface area contributed by atoms with Crippen molar-refractivity contribution in [1.82, 2.24) is 14.5 Å². The first-order valence-corrected chi connectivity index (χ1v) is 11.8. The van der Waals surface area contributed by atoms with Gasteiger partial charge < -0.3 is 10.2 Å². The fourth-order valence-corrected chi connectivity index (χ4v) is 5.31. The second-order valence-corrected chi connectivity index (χ2v) is 10.0. The molecule has 1 aliphatic rings. The first-order valence-electron chi connectivity index (χ1n) is 10.4. The quantitative estimate of drug-likeness (QED) is 0.742. The summed E-state index contributed by atoms with van der Waals surface area (Å²) in [5, 5.41) is 2.87. The smallest absolute Gasteiger partial charge is 0.244 e. The predicted molar refractivity (Wildman–Crippen MR) is 118 cm³/mol. The SMILES string of the molecule is CC(C)C(=O)N1C(C)CN(S(=O)(=O)c2ccccc2)CC1C(=O)NCc1ccccc1. The summed E-state index contributed by atoms with van der Waals surface area (Å²) in [7, 11) is -3.78. The van der Waals surface area contributed by atoms with Gasteiger partial charge in [-0.05, 0) is 24.6 Å². The van der Waals surface area contributed by atoms with E-state index in [-0.39, 0.29) is 35.7 Å². The van der Waals surface area contributed by atoms with E-state index in [9.17, 15) is 18.0 Å². The third-order valence-corrected chi connectivity index (χ3v) is 7.24. The molecule has 1 aliphatic heterocycles. The maximum atomic E-state index is 13.2. The summed E-state index contributed by atoms with van der Waals surface area (Å²) in [5.74, 6) is -0.828. The van der Waals surface area contributed by atoms with Crippen LogP contribution in [-0.4, -0.2) is 54.6 Å². The van der Waals surface area contributed by atoms with Crippen LogP contribution in [0.25, 0.3) is 0 Å². The molecule has 2 atom stereocenters. The number of hydrogen-bond donors (Lipinski definition) is 1. The third-order valence-electron chi connectivity index (χ3n) is 5.40. The Labute approximate surface area is 184 Å². The molecule has 1 heterocycles. The summed E-state index contributed by atoms with van der Waals surface area (Å²) >= 11 is 0. The molecule has 0 aliphatic carbocycles. The van der Waals surface area contributed by atoms with E-state index in [2.05, 4.69) is 5.32 Å². The van der Waals surface area contributed by atoms with E-state index in [1.807, 2.05) is 30.3 Å². The van der Waals surface area contributed by atoms with Gasteiger partial charge in [0.15, 0.2) is 0 Å². The molecule has 0 radical (unpaired) electrons. The normalized spacial score (nSPS) is 19.9. The van der Waals surface area contributed by atoms with Crippen LogP contribution in [0.5, 0.6) is 0 Å². The Morgan fingerprint density at radius 1 is 1.00 bits per heavy atom. The molecule has 8 heteroatoms. The molecule has 0 bridgehead atoms. The topological polar surface area (TPSA) is 86.8 Å². The molecule has 0 aromatic heterocycles. The number of carbonyl (C=O) groups excluding carboxylic acids is 2. The Balaban J connectivity index is 1.86. The van der Waals surface area contributed by atoms with Crippen molar-refractivity contribution in [2.75, 3.05) is 13.1 Å². The highest BCUT2D eigenvalue weighted by atomic mass is 32.2. The average Bonchev–Trinajstić information content (AvgIpc) is 2.77. The molecule has 1 fully saturated rings. The third kappa shape index (κ3) is 5.14. The molecule has 2 amide bonds. The molecule has 2 aromatic carbocycles. The summed E-state index contributed by atoms with van der Waals surface area (Å²) in [6.45, 7) is 5.70.